The van der Waals surface area contributed by atoms with Gasteiger partial charge in [-0.15, -0.1) is 0 Å². The van der Waals surface area contributed by atoms with Gasteiger partial charge in [-0.25, -0.2) is 9.59 Å². The van der Waals surface area contributed by atoms with E-state index in [0.717, 1.165) is 29.5 Å². The Kier molecular flexibility index (Phi) is 8.96. The van der Waals surface area contributed by atoms with Crippen LogP contribution in [0.3, 0.4) is 0 Å². The number of aryl methyl sites for hydroxylation is 1. The summed E-state index contributed by atoms with van der Waals surface area (Å²) in [6.45, 7) is 8.88. The number of amides is 2. The molecule has 2 N–H and O–H groups in total. The Morgan fingerprint density at radius 2 is 1.79 bits per heavy atom. The van der Waals surface area contributed by atoms with Gasteiger partial charge in [-0.05, 0) is 62.4 Å². The van der Waals surface area contributed by atoms with Crippen LogP contribution in [-0.2, 0) is 16.1 Å². The van der Waals surface area contributed by atoms with Crippen molar-refractivity contribution in [1.29, 1.82) is 0 Å². The van der Waals surface area contributed by atoms with E-state index in [2.05, 4.69) is 17.6 Å². The first-order chi connectivity index (χ1) is 16.5. The van der Waals surface area contributed by atoms with Crippen LogP contribution in [0.2, 0.25) is 0 Å². The topological polar surface area (TPSA) is 85.9 Å². The third-order valence-electron chi connectivity index (χ3n) is 5.67. The molecule has 0 bridgehead atoms. The number of allylic oxidation sites excluding steroid dienone is 1. The van der Waals surface area contributed by atoms with Crippen LogP contribution in [0.1, 0.15) is 62.8 Å². The fraction of sp³-hybridized carbons (Fsp3) is 0.407. The summed E-state index contributed by atoms with van der Waals surface area (Å²) in [5, 5.41) is 5.69. The molecule has 182 valence electrons. The van der Waals surface area contributed by atoms with Crippen molar-refractivity contribution in [3.8, 4) is 11.5 Å². The molecule has 0 spiro atoms. The zero-order chi connectivity index (χ0) is 24.5. The van der Waals surface area contributed by atoms with Gasteiger partial charge in [-0.3, -0.25) is 0 Å². The fourth-order valence-corrected chi connectivity index (χ4v) is 3.89. The van der Waals surface area contributed by atoms with Crippen LogP contribution in [0.5, 0.6) is 11.5 Å². The minimum atomic E-state index is -0.649. The molecule has 0 aliphatic carbocycles. The van der Waals surface area contributed by atoms with E-state index in [1.165, 1.54) is 0 Å². The van der Waals surface area contributed by atoms with Crippen LogP contribution in [-0.4, -0.2) is 25.2 Å². The maximum atomic E-state index is 12.9. The molecule has 7 heteroatoms. The number of ether oxygens (including phenoxy) is 3. The maximum absolute atomic E-state index is 12.9. The molecule has 1 heterocycles. The molecule has 2 aromatic carbocycles. The lowest BCUT2D eigenvalue weighted by atomic mass is 9.93. The summed E-state index contributed by atoms with van der Waals surface area (Å²) in [5.74, 6) is 0.714. The second-order valence-corrected chi connectivity index (χ2v) is 8.10. The Bertz CT molecular complexity index is 1050. The molecule has 3 rings (SSSR count). The lowest BCUT2D eigenvalue weighted by Crippen LogP contribution is -2.46. The smallest absolute Gasteiger partial charge is 0.338 e. The van der Waals surface area contributed by atoms with Gasteiger partial charge in [0.2, 0.25) is 0 Å². The van der Waals surface area contributed by atoms with E-state index < -0.39 is 12.0 Å². The highest BCUT2D eigenvalue weighted by Gasteiger charge is 2.34. The first-order valence-electron chi connectivity index (χ1n) is 11.9. The summed E-state index contributed by atoms with van der Waals surface area (Å²) in [7, 11) is 0. The number of rotatable bonds is 11. The first-order valence-corrected chi connectivity index (χ1v) is 11.9. The van der Waals surface area contributed by atoms with Gasteiger partial charge in [0, 0.05) is 5.70 Å². The van der Waals surface area contributed by atoms with Gasteiger partial charge in [-0.1, -0.05) is 43.7 Å². The number of urea groups is 1. The van der Waals surface area contributed by atoms with Crippen molar-refractivity contribution < 1.29 is 23.8 Å². The summed E-state index contributed by atoms with van der Waals surface area (Å²) in [5.41, 5.74) is 3.99. The minimum Gasteiger partial charge on any atom is -0.490 e. The standard InChI is InChI=1S/C27H34N2O5/c1-5-8-13-21-24(26(30)33-7-3)25(29-27(31)28-21)19-14-15-22(23(16-19)32-6-2)34-17-20-12-10-9-11-18(20)4/h9-12,14-16,25H,5-8,13,17H2,1-4H3,(H2,28,29,31). The number of esters is 1. The quantitative estimate of drug-likeness (QED) is 0.437. The summed E-state index contributed by atoms with van der Waals surface area (Å²) >= 11 is 0. The third-order valence-corrected chi connectivity index (χ3v) is 5.67. The van der Waals surface area contributed by atoms with Crippen molar-refractivity contribution in [3.05, 3.63) is 70.4 Å². The molecule has 1 atom stereocenters. The van der Waals surface area contributed by atoms with Crippen molar-refractivity contribution in [2.75, 3.05) is 13.2 Å². The van der Waals surface area contributed by atoms with Gasteiger partial charge >= 0.3 is 12.0 Å². The molecule has 0 aromatic heterocycles. The molecule has 7 nitrogen and oxygen atoms in total. The van der Waals surface area contributed by atoms with E-state index in [0.29, 0.717) is 42.4 Å². The molecular formula is C27H34N2O5. The molecule has 0 saturated carbocycles. The Labute approximate surface area is 201 Å². The molecule has 0 saturated heterocycles. The summed E-state index contributed by atoms with van der Waals surface area (Å²) < 4.78 is 17.3. The Balaban J connectivity index is 1.95. The SMILES string of the molecule is CCCCC1=C(C(=O)OCC)C(c2ccc(OCc3ccccc3C)c(OCC)c2)NC(=O)N1. The Hall–Kier alpha value is -3.48. The fourth-order valence-electron chi connectivity index (χ4n) is 3.89. The molecule has 2 amide bonds. The van der Waals surface area contributed by atoms with Gasteiger partial charge < -0.3 is 24.8 Å². The lowest BCUT2D eigenvalue weighted by molar-refractivity contribution is -0.139. The van der Waals surface area contributed by atoms with Crippen molar-refractivity contribution in [3.63, 3.8) is 0 Å². The monoisotopic (exact) mass is 466 g/mol. The second kappa shape index (κ2) is 12.1. The van der Waals surface area contributed by atoms with Gasteiger partial charge in [0.15, 0.2) is 11.5 Å². The van der Waals surface area contributed by atoms with Crippen LogP contribution in [0.4, 0.5) is 4.79 Å². The number of carbonyl (C=O) groups excluding carboxylic acids is 2. The molecule has 0 fully saturated rings. The number of benzene rings is 2. The number of hydrogen-bond donors (Lipinski definition) is 2. The van der Waals surface area contributed by atoms with Crippen LogP contribution in [0.25, 0.3) is 0 Å². The van der Waals surface area contributed by atoms with Gasteiger partial charge in [0.25, 0.3) is 0 Å². The number of carbonyl (C=O) groups is 2. The predicted molar refractivity (Wildman–Crippen MR) is 131 cm³/mol. The van der Waals surface area contributed by atoms with E-state index in [-0.39, 0.29) is 12.6 Å². The van der Waals surface area contributed by atoms with Crippen molar-refractivity contribution in [1.82, 2.24) is 10.6 Å². The Morgan fingerprint density at radius 1 is 1.00 bits per heavy atom. The largest absolute Gasteiger partial charge is 0.490 e. The normalized spacial score (nSPS) is 15.4. The van der Waals surface area contributed by atoms with Gasteiger partial charge in [0.05, 0.1) is 24.8 Å². The van der Waals surface area contributed by atoms with Crippen LogP contribution in [0, 0.1) is 6.92 Å². The third kappa shape index (κ3) is 6.10. The molecular weight excluding hydrogens is 432 g/mol. The van der Waals surface area contributed by atoms with E-state index in [9.17, 15) is 9.59 Å². The predicted octanol–water partition coefficient (Wildman–Crippen LogP) is 5.33. The molecule has 1 unspecified atom stereocenters. The van der Waals surface area contributed by atoms with Crippen LogP contribution in [0.15, 0.2) is 53.7 Å². The lowest BCUT2D eigenvalue weighted by Gasteiger charge is -2.30. The van der Waals surface area contributed by atoms with Crippen LogP contribution >= 0.6 is 0 Å². The highest BCUT2D eigenvalue weighted by atomic mass is 16.5. The number of unbranched alkanes of at least 4 members (excludes halogenated alkanes) is 1. The van der Waals surface area contributed by atoms with Gasteiger partial charge in [0.1, 0.15) is 6.61 Å². The van der Waals surface area contributed by atoms with E-state index in [1.54, 1.807) is 6.92 Å². The summed E-state index contributed by atoms with van der Waals surface area (Å²) in [6, 6.07) is 12.6. The first kappa shape index (κ1) is 25.1. The van der Waals surface area contributed by atoms with Crippen molar-refractivity contribution >= 4 is 12.0 Å². The average molecular weight is 467 g/mol. The molecule has 1 aliphatic heterocycles. The number of hydrogen-bond acceptors (Lipinski definition) is 5. The molecule has 0 radical (unpaired) electrons. The van der Waals surface area contributed by atoms with E-state index in [4.69, 9.17) is 14.2 Å². The van der Waals surface area contributed by atoms with E-state index >= 15 is 0 Å². The second-order valence-electron chi connectivity index (χ2n) is 8.10. The minimum absolute atomic E-state index is 0.250. The van der Waals surface area contributed by atoms with E-state index in [1.807, 2.05) is 56.3 Å². The average Bonchev–Trinajstić information content (AvgIpc) is 2.82. The highest BCUT2D eigenvalue weighted by Crippen LogP contribution is 2.36. The molecule has 34 heavy (non-hydrogen) atoms. The maximum Gasteiger partial charge on any atom is 0.338 e. The van der Waals surface area contributed by atoms with Crippen LogP contribution < -0.4 is 20.1 Å². The molecule has 2 aromatic rings. The summed E-state index contributed by atoms with van der Waals surface area (Å²) in [6.07, 6.45) is 2.38. The van der Waals surface area contributed by atoms with Crippen molar-refractivity contribution in [2.45, 2.75) is 59.6 Å². The molecule has 1 aliphatic rings. The zero-order valence-electron chi connectivity index (χ0n) is 20.4. The zero-order valence-corrected chi connectivity index (χ0v) is 20.4. The number of nitrogens with one attached hydrogen (secondary N) is 2. The van der Waals surface area contributed by atoms with Crippen molar-refractivity contribution in [2.24, 2.45) is 0 Å². The highest BCUT2D eigenvalue weighted by molar-refractivity contribution is 5.95. The Morgan fingerprint density at radius 3 is 2.50 bits per heavy atom. The van der Waals surface area contributed by atoms with Gasteiger partial charge in [-0.2, -0.15) is 0 Å². The summed E-state index contributed by atoms with van der Waals surface area (Å²) in [4.78, 5) is 25.4.